The highest BCUT2D eigenvalue weighted by molar-refractivity contribution is 7.89. The Bertz CT molecular complexity index is 511. The SMILES string of the molecule is COC(=O)[C@H](Cc1cnc[nH]1)NS(=O)(=O)CCC(C)C. The Morgan fingerprint density at radius 2 is 2.20 bits per heavy atom. The van der Waals surface area contributed by atoms with Crippen molar-refractivity contribution in [3.63, 3.8) is 0 Å². The fraction of sp³-hybridized carbons (Fsp3) is 0.667. The van der Waals surface area contributed by atoms with Crippen LogP contribution in [0.5, 0.6) is 0 Å². The van der Waals surface area contributed by atoms with Crippen molar-refractivity contribution >= 4 is 16.0 Å². The minimum absolute atomic E-state index is 0.0128. The first kappa shape index (κ1) is 16.6. The van der Waals surface area contributed by atoms with Gasteiger partial charge in [0.05, 0.1) is 19.2 Å². The quantitative estimate of drug-likeness (QED) is 0.679. The number of methoxy groups -OCH3 is 1. The molecule has 1 atom stereocenters. The number of H-pyrrole nitrogens is 1. The van der Waals surface area contributed by atoms with E-state index in [9.17, 15) is 13.2 Å². The molecule has 1 aromatic rings. The summed E-state index contributed by atoms with van der Waals surface area (Å²) in [5, 5.41) is 0. The Kier molecular flexibility index (Phi) is 6.15. The zero-order valence-corrected chi connectivity index (χ0v) is 12.7. The molecule has 0 aromatic carbocycles. The maximum atomic E-state index is 11.9. The third-order valence-corrected chi connectivity index (χ3v) is 4.17. The summed E-state index contributed by atoms with van der Waals surface area (Å²) < 4.78 is 30.9. The number of hydrogen-bond donors (Lipinski definition) is 2. The van der Waals surface area contributed by atoms with Gasteiger partial charge >= 0.3 is 5.97 Å². The molecule has 1 aromatic heterocycles. The van der Waals surface area contributed by atoms with Gasteiger partial charge in [-0.05, 0) is 12.3 Å². The van der Waals surface area contributed by atoms with Crippen molar-refractivity contribution in [2.45, 2.75) is 32.7 Å². The first-order chi connectivity index (χ1) is 9.34. The molecule has 8 heteroatoms. The minimum atomic E-state index is -3.52. The molecule has 0 aliphatic rings. The van der Waals surface area contributed by atoms with E-state index in [-0.39, 0.29) is 18.1 Å². The van der Waals surface area contributed by atoms with Crippen LogP contribution >= 0.6 is 0 Å². The van der Waals surface area contributed by atoms with Gasteiger partial charge in [-0.1, -0.05) is 13.8 Å². The summed E-state index contributed by atoms with van der Waals surface area (Å²) in [7, 11) is -2.29. The molecule has 0 unspecified atom stereocenters. The normalized spacial score (nSPS) is 13.4. The second-order valence-electron chi connectivity index (χ2n) is 4.98. The van der Waals surface area contributed by atoms with Gasteiger partial charge in [0.1, 0.15) is 6.04 Å². The molecular weight excluding hydrogens is 282 g/mol. The van der Waals surface area contributed by atoms with E-state index in [2.05, 4.69) is 19.4 Å². The van der Waals surface area contributed by atoms with Crippen LogP contribution in [0, 0.1) is 5.92 Å². The molecule has 0 radical (unpaired) electrons. The third kappa shape index (κ3) is 5.70. The number of nitrogens with zero attached hydrogens (tertiary/aromatic N) is 1. The van der Waals surface area contributed by atoms with Crippen LogP contribution in [0.15, 0.2) is 12.5 Å². The van der Waals surface area contributed by atoms with Crippen LogP contribution in [0.4, 0.5) is 0 Å². The molecule has 1 heterocycles. The number of carbonyl (C=O) groups excluding carboxylic acids is 1. The van der Waals surface area contributed by atoms with E-state index >= 15 is 0 Å². The summed E-state index contributed by atoms with van der Waals surface area (Å²) in [6, 6.07) is -0.947. The van der Waals surface area contributed by atoms with Crippen molar-refractivity contribution in [2.24, 2.45) is 5.92 Å². The van der Waals surface area contributed by atoms with Crippen molar-refractivity contribution in [3.8, 4) is 0 Å². The number of aromatic nitrogens is 2. The van der Waals surface area contributed by atoms with Gasteiger partial charge in [-0.15, -0.1) is 0 Å². The zero-order valence-electron chi connectivity index (χ0n) is 11.9. The number of imidazole rings is 1. The summed E-state index contributed by atoms with van der Waals surface area (Å²) in [4.78, 5) is 18.3. The summed E-state index contributed by atoms with van der Waals surface area (Å²) >= 11 is 0. The van der Waals surface area contributed by atoms with Crippen molar-refractivity contribution in [2.75, 3.05) is 12.9 Å². The van der Waals surface area contributed by atoms with Crippen LogP contribution in [0.2, 0.25) is 0 Å². The molecule has 0 aliphatic carbocycles. The van der Waals surface area contributed by atoms with E-state index < -0.39 is 22.0 Å². The Hall–Kier alpha value is -1.41. The smallest absolute Gasteiger partial charge is 0.324 e. The zero-order chi connectivity index (χ0) is 15.2. The van der Waals surface area contributed by atoms with Gasteiger partial charge in [0.25, 0.3) is 0 Å². The highest BCUT2D eigenvalue weighted by atomic mass is 32.2. The molecule has 0 saturated heterocycles. The van der Waals surface area contributed by atoms with E-state index in [0.717, 1.165) is 0 Å². The monoisotopic (exact) mass is 303 g/mol. The lowest BCUT2D eigenvalue weighted by Gasteiger charge is -2.16. The fourth-order valence-electron chi connectivity index (χ4n) is 1.60. The van der Waals surface area contributed by atoms with Crippen LogP contribution in [0.1, 0.15) is 26.0 Å². The molecule has 0 spiro atoms. The first-order valence-electron chi connectivity index (χ1n) is 6.39. The van der Waals surface area contributed by atoms with Crippen LogP contribution in [0.3, 0.4) is 0 Å². The van der Waals surface area contributed by atoms with Gasteiger partial charge < -0.3 is 9.72 Å². The van der Waals surface area contributed by atoms with Gasteiger partial charge in [0.2, 0.25) is 10.0 Å². The van der Waals surface area contributed by atoms with Gasteiger partial charge in [-0.25, -0.2) is 18.1 Å². The van der Waals surface area contributed by atoms with Crippen molar-refractivity contribution in [1.82, 2.24) is 14.7 Å². The maximum Gasteiger partial charge on any atom is 0.324 e. The predicted octanol–water partition coefficient (Wildman–Crippen LogP) is 0.459. The fourth-order valence-corrected chi connectivity index (χ4v) is 3.11. The number of nitrogens with one attached hydrogen (secondary N) is 2. The first-order valence-corrected chi connectivity index (χ1v) is 8.04. The minimum Gasteiger partial charge on any atom is -0.468 e. The van der Waals surface area contributed by atoms with Crippen LogP contribution in [0.25, 0.3) is 0 Å². The lowest BCUT2D eigenvalue weighted by Crippen LogP contribution is -2.44. The summed E-state index contributed by atoms with van der Waals surface area (Å²) in [5.41, 5.74) is 0.659. The van der Waals surface area contributed by atoms with Crippen molar-refractivity contribution < 1.29 is 17.9 Å². The molecule has 114 valence electrons. The molecule has 1 rings (SSSR count). The van der Waals surface area contributed by atoms with Gasteiger partial charge in [0.15, 0.2) is 0 Å². The molecular formula is C12H21N3O4S. The van der Waals surface area contributed by atoms with Crippen molar-refractivity contribution in [3.05, 3.63) is 18.2 Å². The number of aromatic amines is 1. The summed E-state index contributed by atoms with van der Waals surface area (Å²) in [6.07, 6.45) is 3.72. The van der Waals surface area contributed by atoms with E-state index in [0.29, 0.717) is 12.1 Å². The Labute approximate surface area is 119 Å². The number of rotatable bonds is 8. The summed E-state index contributed by atoms with van der Waals surface area (Å²) in [5.74, 6) is -0.357. The lowest BCUT2D eigenvalue weighted by molar-refractivity contribution is -0.142. The lowest BCUT2D eigenvalue weighted by atomic mass is 10.2. The summed E-state index contributed by atoms with van der Waals surface area (Å²) in [6.45, 7) is 3.88. The highest BCUT2D eigenvalue weighted by Gasteiger charge is 2.26. The Balaban J connectivity index is 2.71. The van der Waals surface area contributed by atoms with Crippen LogP contribution in [-0.4, -0.2) is 43.3 Å². The largest absolute Gasteiger partial charge is 0.468 e. The molecule has 0 bridgehead atoms. The number of sulfonamides is 1. The molecule has 2 N–H and O–H groups in total. The van der Waals surface area contributed by atoms with E-state index in [1.54, 1.807) is 6.20 Å². The second-order valence-corrected chi connectivity index (χ2v) is 6.85. The van der Waals surface area contributed by atoms with Crippen molar-refractivity contribution in [1.29, 1.82) is 0 Å². The predicted molar refractivity (Wildman–Crippen MR) is 74.5 cm³/mol. The molecule has 0 amide bonds. The van der Waals surface area contributed by atoms with Gasteiger partial charge in [-0.2, -0.15) is 0 Å². The average Bonchev–Trinajstić information content (AvgIpc) is 2.87. The van der Waals surface area contributed by atoms with Crippen LogP contribution in [-0.2, 0) is 26.0 Å². The maximum absolute atomic E-state index is 11.9. The number of esters is 1. The highest BCUT2D eigenvalue weighted by Crippen LogP contribution is 2.06. The number of carbonyl (C=O) groups is 1. The van der Waals surface area contributed by atoms with Gasteiger partial charge in [-0.3, -0.25) is 4.79 Å². The Morgan fingerprint density at radius 1 is 1.50 bits per heavy atom. The Morgan fingerprint density at radius 3 is 2.70 bits per heavy atom. The van der Waals surface area contributed by atoms with Gasteiger partial charge in [0, 0.05) is 18.3 Å². The van der Waals surface area contributed by atoms with E-state index in [1.807, 2.05) is 13.8 Å². The molecule has 0 aliphatic heterocycles. The topological polar surface area (TPSA) is 101 Å². The van der Waals surface area contributed by atoms with Crippen LogP contribution < -0.4 is 4.72 Å². The number of hydrogen-bond acceptors (Lipinski definition) is 5. The van der Waals surface area contributed by atoms with E-state index in [1.165, 1.54) is 13.4 Å². The average molecular weight is 303 g/mol. The third-order valence-electron chi connectivity index (χ3n) is 2.75. The molecule has 0 fully saturated rings. The molecule has 20 heavy (non-hydrogen) atoms. The number of ether oxygens (including phenoxy) is 1. The van der Waals surface area contributed by atoms with E-state index in [4.69, 9.17) is 0 Å². The standard InChI is InChI=1S/C12H21N3O4S/c1-9(2)4-5-20(17,18)15-11(12(16)19-3)6-10-7-13-8-14-10/h7-9,11,15H,4-6H2,1-3H3,(H,13,14)/t11-/m0/s1. The molecule has 7 nitrogen and oxygen atoms in total. The molecule has 0 saturated carbocycles. The second kappa shape index (κ2) is 7.39.